The van der Waals surface area contributed by atoms with Crippen LogP contribution >= 0.6 is 0 Å². The number of sulfonamides is 1. The Kier molecular flexibility index (Phi) is 7.49. The molecule has 2 aliphatic heterocycles. The van der Waals surface area contributed by atoms with Gasteiger partial charge >= 0.3 is 0 Å². The van der Waals surface area contributed by atoms with E-state index in [1.807, 2.05) is 0 Å². The van der Waals surface area contributed by atoms with E-state index in [0.717, 1.165) is 64.1 Å². The summed E-state index contributed by atoms with van der Waals surface area (Å²) < 4.78 is 47.3. The largest absolute Gasteiger partial charge is 0.379 e. The van der Waals surface area contributed by atoms with Gasteiger partial charge < -0.3 is 10.1 Å². The summed E-state index contributed by atoms with van der Waals surface area (Å²) in [5, 5.41) is 3.03. The van der Waals surface area contributed by atoms with Gasteiger partial charge in [0.05, 0.1) is 13.2 Å². The summed E-state index contributed by atoms with van der Waals surface area (Å²) in [6.07, 6.45) is 8.01. The van der Waals surface area contributed by atoms with E-state index in [1.165, 1.54) is 22.9 Å². The van der Waals surface area contributed by atoms with Gasteiger partial charge in [0.25, 0.3) is 5.91 Å². The quantitative estimate of drug-likeness (QED) is 0.696. The number of carbonyl (C=O) groups excluding carboxylic acids is 1. The number of hydrogen-bond donors (Lipinski definition) is 1. The Morgan fingerprint density at radius 1 is 1.00 bits per heavy atom. The summed E-state index contributed by atoms with van der Waals surface area (Å²) in [6.45, 7) is 4.38. The lowest BCUT2D eigenvalue weighted by Gasteiger charge is -2.48. The maximum atomic E-state index is 14.5. The van der Waals surface area contributed by atoms with E-state index in [4.69, 9.17) is 4.74 Å². The van der Waals surface area contributed by atoms with Crippen LogP contribution in [0.5, 0.6) is 0 Å². The Morgan fingerprint density at radius 2 is 1.66 bits per heavy atom. The van der Waals surface area contributed by atoms with E-state index in [2.05, 4.69) is 10.2 Å². The highest BCUT2D eigenvalue weighted by molar-refractivity contribution is 7.89. The molecule has 3 aliphatic rings. The van der Waals surface area contributed by atoms with Crippen LogP contribution in [0.15, 0.2) is 23.1 Å². The van der Waals surface area contributed by atoms with Crippen molar-refractivity contribution in [1.82, 2.24) is 14.5 Å². The molecule has 0 unspecified atom stereocenters. The molecule has 0 bridgehead atoms. The van der Waals surface area contributed by atoms with E-state index >= 15 is 0 Å². The van der Waals surface area contributed by atoms with Gasteiger partial charge in [-0.2, -0.15) is 4.31 Å². The monoisotopic (exact) mass is 467 g/mol. The molecule has 0 aromatic heterocycles. The van der Waals surface area contributed by atoms with Gasteiger partial charge in [-0.05, 0) is 43.9 Å². The average Bonchev–Trinajstić information content (AvgIpc) is 2.84. The minimum atomic E-state index is -3.96. The van der Waals surface area contributed by atoms with E-state index in [1.54, 1.807) is 0 Å². The number of nitrogens with one attached hydrogen (secondary N) is 1. The molecule has 32 heavy (non-hydrogen) atoms. The van der Waals surface area contributed by atoms with E-state index < -0.39 is 20.7 Å². The number of amides is 1. The molecule has 0 spiro atoms. The Morgan fingerprint density at radius 3 is 2.34 bits per heavy atom. The van der Waals surface area contributed by atoms with Gasteiger partial charge in [0.1, 0.15) is 10.7 Å². The number of nitrogens with zero attached hydrogens (tertiary/aromatic N) is 2. The summed E-state index contributed by atoms with van der Waals surface area (Å²) in [4.78, 5) is 15.0. The van der Waals surface area contributed by atoms with Crippen LogP contribution in [-0.2, 0) is 14.8 Å². The molecule has 2 saturated heterocycles. The molecule has 0 atom stereocenters. The lowest BCUT2D eigenvalue weighted by atomic mass is 9.79. The number of benzene rings is 1. The van der Waals surface area contributed by atoms with Gasteiger partial charge in [-0.1, -0.05) is 25.7 Å². The van der Waals surface area contributed by atoms with Crippen LogP contribution in [0.4, 0.5) is 4.39 Å². The van der Waals surface area contributed by atoms with Crippen molar-refractivity contribution in [2.24, 2.45) is 0 Å². The molecule has 1 aromatic carbocycles. The summed E-state index contributed by atoms with van der Waals surface area (Å²) in [5.74, 6) is -1.18. The summed E-state index contributed by atoms with van der Waals surface area (Å²) in [7, 11) is -3.96. The normalized spacial score (nSPS) is 23.0. The van der Waals surface area contributed by atoms with Crippen molar-refractivity contribution in [1.29, 1.82) is 0 Å². The molecule has 7 nitrogen and oxygen atoms in total. The van der Waals surface area contributed by atoms with Gasteiger partial charge in [0.15, 0.2) is 0 Å². The van der Waals surface area contributed by atoms with Gasteiger partial charge in [-0.15, -0.1) is 0 Å². The number of ether oxygens (including phenoxy) is 1. The summed E-state index contributed by atoms with van der Waals surface area (Å²) in [6, 6.07) is 3.64. The van der Waals surface area contributed by atoms with E-state index in [9.17, 15) is 17.6 Å². The minimum absolute atomic E-state index is 0.0968. The van der Waals surface area contributed by atoms with Gasteiger partial charge in [0, 0.05) is 43.8 Å². The Labute approximate surface area is 190 Å². The van der Waals surface area contributed by atoms with Crippen LogP contribution in [0.1, 0.15) is 61.7 Å². The fourth-order valence-electron chi connectivity index (χ4n) is 5.29. The van der Waals surface area contributed by atoms with Crippen LogP contribution in [0.3, 0.4) is 0 Å². The second-order valence-electron chi connectivity index (χ2n) is 9.18. The van der Waals surface area contributed by atoms with Crippen molar-refractivity contribution in [3.05, 3.63) is 29.6 Å². The molecule has 178 valence electrons. The smallest absolute Gasteiger partial charge is 0.251 e. The first-order valence-corrected chi connectivity index (χ1v) is 13.3. The first-order valence-electron chi connectivity index (χ1n) is 11.8. The first kappa shape index (κ1) is 23.6. The molecule has 1 amide bonds. The van der Waals surface area contributed by atoms with Gasteiger partial charge in [-0.3, -0.25) is 9.69 Å². The highest BCUT2D eigenvalue weighted by atomic mass is 32.2. The first-order chi connectivity index (χ1) is 15.4. The van der Waals surface area contributed by atoms with Crippen molar-refractivity contribution >= 4 is 15.9 Å². The molecule has 1 N–H and O–H groups in total. The molecule has 3 fully saturated rings. The standard InChI is InChI=1S/C23H34FN3O4S/c24-20-8-7-19(17-21(20)32(29,30)27-11-5-2-6-12-27)22(28)25-18-23(9-3-1-4-10-23)26-13-15-31-16-14-26/h7-8,17H,1-6,9-16,18H2,(H,25,28). The SMILES string of the molecule is O=C(NCC1(N2CCOCC2)CCCCC1)c1ccc(F)c(S(=O)(=O)N2CCCCC2)c1. The topological polar surface area (TPSA) is 79.0 Å². The third-order valence-corrected chi connectivity index (χ3v) is 9.08. The second kappa shape index (κ2) is 10.2. The van der Waals surface area contributed by atoms with Crippen LogP contribution in [0.25, 0.3) is 0 Å². The molecule has 2 heterocycles. The van der Waals surface area contributed by atoms with Crippen molar-refractivity contribution < 1.29 is 22.3 Å². The van der Waals surface area contributed by atoms with E-state index in [-0.39, 0.29) is 17.0 Å². The predicted octanol–water partition coefficient (Wildman–Crippen LogP) is 2.77. The fraction of sp³-hybridized carbons (Fsp3) is 0.696. The summed E-state index contributed by atoms with van der Waals surface area (Å²) >= 11 is 0. The van der Waals surface area contributed by atoms with Gasteiger partial charge in [-0.25, -0.2) is 12.8 Å². The maximum absolute atomic E-state index is 14.5. The number of piperidine rings is 1. The third-order valence-electron chi connectivity index (χ3n) is 7.17. The highest BCUT2D eigenvalue weighted by Gasteiger charge is 2.39. The molecule has 9 heteroatoms. The Bertz CT molecular complexity index is 906. The highest BCUT2D eigenvalue weighted by Crippen LogP contribution is 2.34. The van der Waals surface area contributed by atoms with Crippen molar-refractivity contribution in [3.63, 3.8) is 0 Å². The minimum Gasteiger partial charge on any atom is -0.379 e. The molecule has 0 radical (unpaired) electrons. The summed E-state index contributed by atoms with van der Waals surface area (Å²) in [5.41, 5.74) is 0.0791. The zero-order chi connectivity index (χ0) is 22.6. The van der Waals surface area contributed by atoms with Gasteiger partial charge in [0.2, 0.25) is 10.0 Å². The zero-order valence-electron chi connectivity index (χ0n) is 18.7. The van der Waals surface area contributed by atoms with Crippen molar-refractivity contribution in [2.75, 3.05) is 45.9 Å². The third kappa shape index (κ3) is 5.00. The second-order valence-corrected chi connectivity index (χ2v) is 11.1. The van der Waals surface area contributed by atoms with E-state index in [0.29, 0.717) is 32.8 Å². The lowest BCUT2D eigenvalue weighted by Crippen LogP contribution is -2.59. The van der Waals surface area contributed by atoms with Crippen LogP contribution in [0.2, 0.25) is 0 Å². The zero-order valence-corrected chi connectivity index (χ0v) is 19.5. The average molecular weight is 468 g/mol. The van der Waals surface area contributed by atoms with Crippen LogP contribution in [-0.4, -0.2) is 75.0 Å². The molecule has 1 aromatic rings. The predicted molar refractivity (Wildman–Crippen MR) is 120 cm³/mol. The van der Waals surface area contributed by atoms with Crippen molar-refractivity contribution in [2.45, 2.75) is 61.8 Å². The van der Waals surface area contributed by atoms with Crippen molar-refractivity contribution in [3.8, 4) is 0 Å². The van der Waals surface area contributed by atoms with Crippen LogP contribution in [0, 0.1) is 5.82 Å². The fourth-order valence-corrected chi connectivity index (χ4v) is 6.89. The molecule has 4 rings (SSSR count). The Hall–Kier alpha value is -1.55. The number of halogens is 1. The molecular formula is C23H34FN3O4S. The number of carbonyl (C=O) groups is 1. The molecule has 1 saturated carbocycles. The number of rotatable bonds is 6. The Balaban J connectivity index is 1.50. The lowest BCUT2D eigenvalue weighted by molar-refractivity contribution is -0.0361. The van der Waals surface area contributed by atoms with Crippen LogP contribution < -0.4 is 5.32 Å². The molecular weight excluding hydrogens is 433 g/mol. The number of hydrogen-bond acceptors (Lipinski definition) is 5. The number of morpholine rings is 1. The molecule has 1 aliphatic carbocycles. The maximum Gasteiger partial charge on any atom is 0.251 e.